The first kappa shape index (κ1) is 10.5. The van der Waals surface area contributed by atoms with E-state index in [1.807, 2.05) is 6.92 Å². The average Bonchev–Trinajstić information content (AvgIpc) is 3.00. The summed E-state index contributed by atoms with van der Waals surface area (Å²) < 4.78 is 0. The summed E-state index contributed by atoms with van der Waals surface area (Å²) >= 11 is 1.76. The molecule has 86 valence electrons. The molecule has 0 N–H and O–H groups in total. The van der Waals surface area contributed by atoms with Crippen LogP contribution in [0.4, 0.5) is 0 Å². The molecule has 1 aromatic carbocycles. The second-order valence-electron chi connectivity index (χ2n) is 4.19. The third kappa shape index (κ3) is 1.98. The molecule has 2 heterocycles. The average molecular weight is 243 g/mol. The van der Waals surface area contributed by atoms with Crippen molar-refractivity contribution in [3.05, 3.63) is 47.3 Å². The van der Waals surface area contributed by atoms with Gasteiger partial charge < -0.3 is 4.84 Å². The number of thiophene rings is 1. The summed E-state index contributed by atoms with van der Waals surface area (Å²) in [7, 11) is 0. The van der Waals surface area contributed by atoms with E-state index in [1.54, 1.807) is 11.3 Å². The zero-order valence-electron chi connectivity index (χ0n) is 9.59. The normalized spacial score (nSPS) is 18.9. The van der Waals surface area contributed by atoms with E-state index in [0.717, 1.165) is 12.1 Å². The Morgan fingerprint density at radius 1 is 1.24 bits per heavy atom. The van der Waals surface area contributed by atoms with Crippen molar-refractivity contribution in [2.75, 3.05) is 0 Å². The molecule has 0 bridgehead atoms. The summed E-state index contributed by atoms with van der Waals surface area (Å²) in [5.74, 6) is 0. The van der Waals surface area contributed by atoms with Gasteiger partial charge in [0, 0.05) is 16.9 Å². The zero-order chi connectivity index (χ0) is 11.7. The fraction of sp³-hybridized carbons (Fsp3) is 0.214. The Morgan fingerprint density at radius 2 is 2.12 bits per heavy atom. The smallest absolute Gasteiger partial charge is 0.158 e. The molecule has 1 aromatic heterocycles. The Hall–Kier alpha value is -1.61. The van der Waals surface area contributed by atoms with Crippen LogP contribution in [0.25, 0.3) is 10.4 Å². The van der Waals surface area contributed by atoms with Crippen molar-refractivity contribution in [2.24, 2.45) is 5.16 Å². The van der Waals surface area contributed by atoms with Gasteiger partial charge >= 0.3 is 0 Å². The van der Waals surface area contributed by atoms with E-state index in [0.29, 0.717) is 0 Å². The van der Waals surface area contributed by atoms with Gasteiger partial charge in [0.05, 0.1) is 5.71 Å². The van der Waals surface area contributed by atoms with Crippen molar-refractivity contribution in [3.63, 3.8) is 0 Å². The number of hydrogen-bond acceptors (Lipinski definition) is 3. The van der Waals surface area contributed by atoms with E-state index >= 15 is 0 Å². The lowest BCUT2D eigenvalue weighted by Crippen LogP contribution is -1.99. The number of nitrogens with zero attached hydrogens (tertiary/aromatic N) is 1. The Labute approximate surface area is 105 Å². The lowest BCUT2D eigenvalue weighted by Gasteiger charge is -2.12. The topological polar surface area (TPSA) is 21.6 Å². The number of hydrogen-bond donors (Lipinski definition) is 0. The maximum Gasteiger partial charge on any atom is 0.158 e. The van der Waals surface area contributed by atoms with Crippen LogP contribution in [0.1, 0.15) is 25.0 Å². The minimum atomic E-state index is 0.0771. The Morgan fingerprint density at radius 3 is 2.82 bits per heavy atom. The monoisotopic (exact) mass is 243 g/mol. The first-order valence-corrected chi connectivity index (χ1v) is 6.54. The van der Waals surface area contributed by atoms with Crippen molar-refractivity contribution in [2.45, 2.75) is 19.4 Å². The first-order valence-electron chi connectivity index (χ1n) is 5.66. The van der Waals surface area contributed by atoms with Crippen molar-refractivity contribution in [1.82, 2.24) is 0 Å². The quantitative estimate of drug-likeness (QED) is 0.772. The molecule has 17 heavy (non-hydrogen) atoms. The van der Waals surface area contributed by atoms with Gasteiger partial charge in [-0.3, -0.25) is 0 Å². The van der Waals surface area contributed by atoms with Gasteiger partial charge in [-0.25, -0.2) is 0 Å². The van der Waals surface area contributed by atoms with Crippen LogP contribution in [-0.4, -0.2) is 5.71 Å². The van der Waals surface area contributed by atoms with Gasteiger partial charge in [-0.15, -0.1) is 11.3 Å². The van der Waals surface area contributed by atoms with E-state index in [2.05, 4.69) is 46.9 Å². The molecule has 1 aliphatic rings. The van der Waals surface area contributed by atoms with Crippen LogP contribution in [0.2, 0.25) is 0 Å². The molecule has 0 spiro atoms. The standard InChI is InChI=1S/C14H13NOS/c1-10-9-13(16-15-10)11-5-2-3-6-12(11)14-7-4-8-17-14/h2-8,13H,9H2,1H3/t13-/m1/s1. The predicted octanol–water partition coefficient (Wildman–Crippen LogP) is 4.25. The molecule has 0 radical (unpaired) electrons. The lowest BCUT2D eigenvalue weighted by atomic mass is 9.98. The Balaban J connectivity index is 2.00. The molecule has 3 heteroatoms. The maximum absolute atomic E-state index is 5.48. The maximum atomic E-state index is 5.48. The Bertz CT molecular complexity index is 545. The highest BCUT2D eigenvalue weighted by atomic mass is 32.1. The molecule has 0 unspecified atom stereocenters. The molecule has 0 amide bonds. The van der Waals surface area contributed by atoms with Gasteiger partial charge in [-0.1, -0.05) is 35.5 Å². The minimum absolute atomic E-state index is 0.0771. The highest BCUT2D eigenvalue weighted by molar-refractivity contribution is 7.13. The second kappa shape index (κ2) is 4.34. The highest BCUT2D eigenvalue weighted by Crippen LogP contribution is 2.36. The SMILES string of the molecule is CC1=NO[C@@H](c2ccccc2-c2cccs2)C1. The molecule has 0 aliphatic carbocycles. The van der Waals surface area contributed by atoms with Crippen LogP contribution in [0.15, 0.2) is 46.9 Å². The predicted molar refractivity (Wildman–Crippen MR) is 71.3 cm³/mol. The van der Waals surface area contributed by atoms with E-state index in [1.165, 1.54) is 16.0 Å². The van der Waals surface area contributed by atoms with E-state index < -0.39 is 0 Å². The van der Waals surface area contributed by atoms with Crippen LogP contribution in [0.3, 0.4) is 0 Å². The zero-order valence-corrected chi connectivity index (χ0v) is 10.4. The van der Waals surface area contributed by atoms with E-state index in [4.69, 9.17) is 4.84 Å². The largest absolute Gasteiger partial charge is 0.387 e. The minimum Gasteiger partial charge on any atom is -0.387 e. The summed E-state index contributed by atoms with van der Waals surface area (Å²) in [6, 6.07) is 12.6. The van der Waals surface area contributed by atoms with E-state index in [-0.39, 0.29) is 6.10 Å². The van der Waals surface area contributed by atoms with Crippen LogP contribution in [0, 0.1) is 0 Å². The fourth-order valence-corrected chi connectivity index (χ4v) is 2.87. The fourth-order valence-electron chi connectivity index (χ4n) is 2.10. The van der Waals surface area contributed by atoms with Gasteiger partial charge in [0.25, 0.3) is 0 Å². The van der Waals surface area contributed by atoms with Gasteiger partial charge in [0.2, 0.25) is 0 Å². The van der Waals surface area contributed by atoms with Crippen LogP contribution < -0.4 is 0 Å². The number of benzene rings is 1. The molecule has 0 fully saturated rings. The van der Waals surface area contributed by atoms with Crippen molar-refractivity contribution >= 4 is 17.0 Å². The molecule has 2 nitrogen and oxygen atoms in total. The van der Waals surface area contributed by atoms with Gasteiger partial charge in [-0.2, -0.15) is 0 Å². The summed E-state index contributed by atoms with van der Waals surface area (Å²) in [4.78, 5) is 6.77. The van der Waals surface area contributed by atoms with Gasteiger partial charge in [-0.05, 0) is 23.9 Å². The van der Waals surface area contributed by atoms with Gasteiger partial charge in [0.1, 0.15) is 0 Å². The third-order valence-corrected chi connectivity index (χ3v) is 3.81. The molecule has 0 saturated heterocycles. The van der Waals surface area contributed by atoms with Crippen molar-refractivity contribution in [1.29, 1.82) is 0 Å². The van der Waals surface area contributed by atoms with Crippen molar-refractivity contribution < 1.29 is 4.84 Å². The molecule has 1 aliphatic heterocycles. The molecule has 2 aromatic rings. The summed E-state index contributed by atoms with van der Waals surface area (Å²) in [6.07, 6.45) is 0.968. The van der Waals surface area contributed by atoms with Crippen LogP contribution >= 0.6 is 11.3 Å². The molecular formula is C14H13NOS. The molecular weight excluding hydrogens is 230 g/mol. The van der Waals surface area contributed by atoms with Crippen molar-refractivity contribution in [3.8, 4) is 10.4 Å². The second-order valence-corrected chi connectivity index (χ2v) is 5.14. The summed E-state index contributed by atoms with van der Waals surface area (Å²) in [5.41, 5.74) is 3.56. The van der Waals surface area contributed by atoms with Crippen LogP contribution in [0.5, 0.6) is 0 Å². The third-order valence-electron chi connectivity index (χ3n) is 2.91. The summed E-state index contributed by atoms with van der Waals surface area (Å²) in [6.45, 7) is 2.01. The first-order chi connectivity index (χ1) is 8.34. The molecule has 3 rings (SSSR count). The van der Waals surface area contributed by atoms with E-state index in [9.17, 15) is 0 Å². The van der Waals surface area contributed by atoms with Crippen LogP contribution in [-0.2, 0) is 4.84 Å². The number of rotatable bonds is 2. The summed E-state index contributed by atoms with van der Waals surface area (Å²) in [5, 5.41) is 6.14. The Kier molecular flexibility index (Phi) is 2.69. The molecule has 1 atom stereocenters. The van der Waals surface area contributed by atoms with Gasteiger partial charge in [0.15, 0.2) is 6.10 Å². The molecule has 0 saturated carbocycles. The highest BCUT2D eigenvalue weighted by Gasteiger charge is 2.23. The number of oxime groups is 1. The lowest BCUT2D eigenvalue weighted by molar-refractivity contribution is 0.0861.